The maximum absolute atomic E-state index is 14.7. The predicted molar refractivity (Wildman–Crippen MR) is 169 cm³/mol. The maximum atomic E-state index is 14.7. The zero-order chi connectivity index (χ0) is 31.9. The summed E-state index contributed by atoms with van der Waals surface area (Å²) in [5, 5.41) is 22.2. The van der Waals surface area contributed by atoms with Gasteiger partial charge in [0.1, 0.15) is 42.1 Å². The van der Waals surface area contributed by atoms with Gasteiger partial charge in [0, 0.05) is 41.7 Å². The first-order valence-electron chi connectivity index (χ1n) is 14.3. The summed E-state index contributed by atoms with van der Waals surface area (Å²) in [5.41, 5.74) is 10.6. The van der Waals surface area contributed by atoms with E-state index in [1.807, 2.05) is 24.3 Å². The number of nitrogens with one attached hydrogen (secondary N) is 1. The van der Waals surface area contributed by atoms with Crippen molar-refractivity contribution in [2.24, 2.45) is 10.7 Å². The van der Waals surface area contributed by atoms with E-state index >= 15 is 0 Å². The van der Waals surface area contributed by atoms with Crippen molar-refractivity contribution in [2.45, 2.75) is 45.1 Å². The number of carbonyl (C=O) groups is 1. The molecule has 0 spiro atoms. The Morgan fingerprint density at radius 2 is 2.00 bits per heavy atom. The largest absolute Gasteiger partial charge is 0.488 e. The van der Waals surface area contributed by atoms with Crippen LogP contribution in [0, 0.1) is 17.1 Å². The molecule has 0 saturated carbocycles. The minimum absolute atomic E-state index is 0.0502. The van der Waals surface area contributed by atoms with Gasteiger partial charge in [0.15, 0.2) is 0 Å². The van der Waals surface area contributed by atoms with Crippen molar-refractivity contribution < 1.29 is 23.8 Å². The average Bonchev–Trinajstić information content (AvgIpc) is 3.44. The summed E-state index contributed by atoms with van der Waals surface area (Å²) in [6.45, 7) is 1.72. The second-order valence-electron chi connectivity index (χ2n) is 10.6. The molecule has 0 saturated heterocycles. The SMILES string of the molecule is CC(N)=NC[C@H](NCc1cc(Cl)c(O[C@H]2CCc3c(-c4ccccc4F)cccc32)cc1OCc1cncc(C#N)c1)C(=O)O. The Hall–Kier alpha value is -4.98. The van der Waals surface area contributed by atoms with Crippen molar-refractivity contribution in [3.8, 4) is 28.7 Å². The highest BCUT2D eigenvalue weighted by atomic mass is 35.5. The van der Waals surface area contributed by atoms with Crippen LogP contribution in [0.15, 0.2) is 78.0 Å². The van der Waals surface area contributed by atoms with E-state index < -0.39 is 12.0 Å². The van der Waals surface area contributed by atoms with Gasteiger partial charge in [-0.1, -0.05) is 48.0 Å². The van der Waals surface area contributed by atoms with Crippen LogP contribution in [-0.2, 0) is 24.4 Å². The summed E-state index contributed by atoms with van der Waals surface area (Å²) in [4.78, 5) is 20.0. The number of aliphatic carboxylic acids is 1. The molecule has 0 fully saturated rings. The molecule has 1 aliphatic carbocycles. The molecule has 1 aromatic heterocycles. The smallest absolute Gasteiger partial charge is 0.322 e. The fourth-order valence-electron chi connectivity index (χ4n) is 5.25. The van der Waals surface area contributed by atoms with E-state index in [1.165, 1.54) is 12.3 Å². The third kappa shape index (κ3) is 7.58. The number of aliphatic imine (C=N–C) groups is 1. The van der Waals surface area contributed by atoms with Crippen LogP contribution in [0.25, 0.3) is 11.1 Å². The van der Waals surface area contributed by atoms with Crippen LogP contribution in [0.1, 0.15) is 47.3 Å². The van der Waals surface area contributed by atoms with Gasteiger partial charge < -0.3 is 20.3 Å². The molecule has 1 heterocycles. The number of nitriles is 1. The Morgan fingerprint density at radius 1 is 1.20 bits per heavy atom. The quantitative estimate of drug-likeness (QED) is 0.129. The van der Waals surface area contributed by atoms with E-state index in [1.54, 1.807) is 43.5 Å². The zero-order valence-corrected chi connectivity index (χ0v) is 25.2. The lowest BCUT2D eigenvalue weighted by Gasteiger charge is -2.20. The molecule has 45 heavy (non-hydrogen) atoms. The number of amidine groups is 1. The van der Waals surface area contributed by atoms with E-state index in [4.69, 9.17) is 26.8 Å². The highest BCUT2D eigenvalue weighted by molar-refractivity contribution is 6.32. The van der Waals surface area contributed by atoms with Crippen molar-refractivity contribution in [1.82, 2.24) is 10.3 Å². The molecule has 3 aromatic carbocycles. The van der Waals surface area contributed by atoms with E-state index in [2.05, 4.69) is 21.4 Å². The number of benzene rings is 3. The van der Waals surface area contributed by atoms with Gasteiger partial charge in [-0.2, -0.15) is 5.26 Å². The van der Waals surface area contributed by atoms with Crippen molar-refractivity contribution in [3.63, 3.8) is 0 Å². The fraction of sp³-hybridized carbons (Fsp3) is 0.235. The third-order valence-corrected chi connectivity index (χ3v) is 7.74. The first kappa shape index (κ1) is 31.4. The van der Waals surface area contributed by atoms with Gasteiger partial charge in [-0.3, -0.25) is 20.1 Å². The molecule has 5 rings (SSSR count). The van der Waals surface area contributed by atoms with Crippen LogP contribution in [0.2, 0.25) is 5.02 Å². The molecule has 0 unspecified atom stereocenters. The van der Waals surface area contributed by atoms with Crippen LogP contribution in [-0.4, -0.2) is 34.5 Å². The fourth-order valence-corrected chi connectivity index (χ4v) is 5.48. The van der Waals surface area contributed by atoms with Crippen molar-refractivity contribution in [2.75, 3.05) is 6.54 Å². The molecule has 0 bridgehead atoms. The van der Waals surface area contributed by atoms with Crippen molar-refractivity contribution >= 4 is 23.4 Å². The number of rotatable bonds is 12. The van der Waals surface area contributed by atoms with E-state index in [-0.39, 0.29) is 37.5 Å². The lowest BCUT2D eigenvalue weighted by Crippen LogP contribution is -2.39. The third-order valence-electron chi connectivity index (χ3n) is 7.44. The minimum atomic E-state index is -1.08. The molecular formula is C34H31ClFN5O4. The number of nitrogens with two attached hydrogens (primary N) is 1. The number of halogens is 2. The monoisotopic (exact) mass is 627 g/mol. The summed E-state index contributed by atoms with van der Waals surface area (Å²) < 4.78 is 27.3. The lowest BCUT2D eigenvalue weighted by molar-refractivity contribution is -0.139. The number of carboxylic acids is 1. The Balaban J connectivity index is 1.43. The topological polar surface area (TPSA) is 143 Å². The van der Waals surface area contributed by atoms with Gasteiger partial charge in [0.2, 0.25) is 0 Å². The summed E-state index contributed by atoms with van der Waals surface area (Å²) in [6.07, 6.45) is 4.11. The standard InChI is InChI=1S/C34H31ClFN5O4/c1-20(38)40-18-30(34(42)43)41-17-23-12-28(35)33(13-32(23)44-19-22-11-21(14-37)15-39-16-22)45-31-10-9-25-24(6-4-7-27(25)31)26-5-2-3-8-29(26)36/h2-8,11-13,15-16,30-31,41H,9-10,17-19H2,1H3,(H2,38,40)(H,42,43)/t30-,31-/m0/s1. The van der Waals surface area contributed by atoms with Gasteiger partial charge >= 0.3 is 5.97 Å². The highest BCUT2D eigenvalue weighted by Crippen LogP contribution is 2.43. The molecule has 0 amide bonds. The van der Waals surface area contributed by atoms with Gasteiger partial charge in [-0.25, -0.2) is 4.39 Å². The van der Waals surface area contributed by atoms with Crippen LogP contribution in [0.3, 0.4) is 0 Å². The van der Waals surface area contributed by atoms with Crippen molar-refractivity contribution in [3.05, 3.63) is 112 Å². The molecule has 230 valence electrons. The van der Waals surface area contributed by atoms with Crippen molar-refractivity contribution in [1.29, 1.82) is 5.26 Å². The number of carboxylic acid groups (broad SMARTS) is 1. The van der Waals surface area contributed by atoms with Crippen LogP contribution in [0.4, 0.5) is 4.39 Å². The van der Waals surface area contributed by atoms with Gasteiger partial charge in [0.05, 0.1) is 23.0 Å². The number of hydrogen-bond acceptors (Lipinski definition) is 7. The van der Waals surface area contributed by atoms with E-state index in [0.29, 0.717) is 51.6 Å². The minimum Gasteiger partial charge on any atom is -0.488 e. The number of fused-ring (bicyclic) bond motifs is 1. The second-order valence-corrected chi connectivity index (χ2v) is 11.0. The number of aromatic nitrogens is 1. The molecule has 1 aliphatic rings. The highest BCUT2D eigenvalue weighted by Gasteiger charge is 2.28. The molecule has 9 nitrogen and oxygen atoms in total. The van der Waals surface area contributed by atoms with E-state index in [9.17, 15) is 19.6 Å². The Morgan fingerprint density at radius 3 is 2.76 bits per heavy atom. The molecule has 0 radical (unpaired) electrons. The number of pyridine rings is 1. The predicted octanol–water partition coefficient (Wildman–Crippen LogP) is 5.98. The molecular weight excluding hydrogens is 597 g/mol. The summed E-state index contributed by atoms with van der Waals surface area (Å²) >= 11 is 6.73. The first-order chi connectivity index (χ1) is 21.7. The molecule has 0 aliphatic heterocycles. The number of ether oxygens (including phenoxy) is 2. The summed E-state index contributed by atoms with van der Waals surface area (Å²) in [5.74, 6) is -0.298. The zero-order valence-electron chi connectivity index (χ0n) is 24.5. The molecule has 4 aromatic rings. The number of nitrogens with zero attached hydrogens (tertiary/aromatic N) is 3. The molecule has 2 atom stereocenters. The Bertz CT molecular complexity index is 1790. The maximum Gasteiger partial charge on any atom is 0.322 e. The van der Waals surface area contributed by atoms with Gasteiger partial charge in [-0.05, 0) is 54.7 Å². The normalized spacial score (nSPS) is 14.8. The van der Waals surface area contributed by atoms with Crippen LogP contribution in [0.5, 0.6) is 11.5 Å². The van der Waals surface area contributed by atoms with Crippen LogP contribution >= 0.6 is 11.6 Å². The Kier molecular flexibility index (Phi) is 9.92. The first-order valence-corrected chi connectivity index (χ1v) is 14.7. The van der Waals surface area contributed by atoms with Gasteiger partial charge in [0.25, 0.3) is 0 Å². The van der Waals surface area contributed by atoms with Crippen LogP contribution < -0.4 is 20.5 Å². The van der Waals surface area contributed by atoms with Gasteiger partial charge in [-0.15, -0.1) is 0 Å². The average molecular weight is 628 g/mol. The molecule has 11 heteroatoms. The summed E-state index contributed by atoms with van der Waals surface area (Å²) in [7, 11) is 0. The van der Waals surface area contributed by atoms with E-state index in [0.717, 1.165) is 16.7 Å². The number of hydrogen-bond donors (Lipinski definition) is 3. The lowest BCUT2D eigenvalue weighted by atomic mass is 9.96. The Labute approximate surface area is 265 Å². The second kappa shape index (κ2) is 14.2. The molecule has 4 N–H and O–H groups in total. The summed E-state index contributed by atoms with van der Waals surface area (Å²) in [6, 6.07) is 18.6.